The van der Waals surface area contributed by atoms with Crippen LogP contribution >= 0.6 is 0 Å². The summed E-state index contributed by atoms with van der Waals surface area (Å²) in [5.41, 5.74) is 0. The summed E-state index contributed by atoms with van der Waals surface area (Å²) in [5, 5.41) is 0. The summed E-state index contributed by atoms with van der Waals surface area (Å²) in [6.45, 7) is 5.52. The van der Waals surface area contributed by atoms with Crippen molar-refractivity contribution >= 4 is 5.82 Å². The van der Waals surface area contributed by atoms with Crippen LogP contribution in [0.2, 0.25) is 0 Å². The highest BCUT2D eigenvalue weighted by Crippen LogP contribution is 2.35. The maximum Gasteiger partial charge on any atom is 0.132 e. The van der Waals surface area contributed by atoms with Crippen LogP contribution in [0.3, 0.4) is 0 Å². The normalized spacial score (nSPS) is 29.6. The first-order chi connectivity index (χ1) is 10.9. The van der Waals surface area contributed by atoms with E-state index in [4.69, 9.17) is 4.74 Å². The van der Waals surface area contributed by atoms with Crippen molar-refractivity contribution in [2.45, 2.75) is 44.2 Å². The summed E-state index contributed by atoms with van der Waals surface area (Å²) in [6.07, 6.45) is 10.00. The molecular formula is C17H26N4O. The van der Waals surface area contributed by atoms with Crippen LogP contribution in [-0.2, 0) is 4.74 Å². The molecule has 0 aromatic carbocycles. The zero-order chi connectivity index (χ0) is 14.8. The van der Waals surface area contributed by atoms with Crippen LogP contribution in [0.25, 0.3) is 0 Å². The first-order valence-corrected chi connectivity index (χ1v) is 8.74. The van der Waals surface area contributed by atoms with E-state index in [1.165, 1.54) is 51.7 Å². The van der Waals surface area contributed by atoms with Crippen LogP contribution in [-0.4, -0.2) is 59.8 Å². The van der Waals surface area contributed by atoms with Crippen LogP contribution in [0.1, 0.15) is 32.1 Å². The van der Waals surface area contributed by atoms with Crippen molar-refractivity contribution < 1.29 is 4.74 Å². The third-order valence-corrected chi connectivity index (χ3v) is 5.18. The molecule has 1 aromatic heterocycles. The van der Waals surface area contributed by atoms with Crippen molar-refractivity contribution in [3.05, 3.63) is 18.6 Å². The molecule has 0 bridgehead atoms. The molecule has 4 rings (SSSR count). The summed E-state index contributed by atoms with van der Waals surface area (Å²) in [4.78, 5) is 13.8. The molecule has 5 heteroatoms. The van der Waals surface area contributed by atoms with Gasteiger partial charge >= 0.3 is 0 Å². The van der Waals surface area contributed by atoms with E-state index in [1.807, 2.05) is 6.20 Å². The standard InChI is InChI=1S/C17H26N4O/c1-2-14(12-22-9-1)10-20-8-6-16(11-20)21(15-3-4-15)17-5-7-18-13-19-17/h5,7,13-16H,1-4,6,8-12H2. The minimum absolute atomic E-state index is 0.618. The number of hydrogen-bond donors (Lipinski definition) is 0. The maximum atomic E-state index is 5.63. The summed E-state index contributed by atoms with van der Waals surface area (Å²) < 4.78 is 5.63. The predicted octanol–water partition coefficient (Wildman–Crippen LogP) is 1.95. The molecule has 0 N–H and O–H groups in total. The van der Waals surface area contributed by atoms with E-state index < -0.39 is 0 Å². The SMILES string of the molecule is c1cc(N(C2CC2)C2CCN(CC3CCCOC3)C2)ncn1. The van der Waals surface area contributed by atoms with E-state index in [0.29, 0.717) is 12.1 Å². The monoisotopic (exact) mass is 302 g/mol. The second kappa shape index (κ2) is 6.50. The lowest BCUT2D eigenvalue weighted by Crippen LogP contribution is -2.41. The highest BCUT2D eigenvalue weighted by Gasteiger charge is 2.38. The van der Waals surface area contributed by atoms with Crippen molar-refractivity contribution in [3.63, 3.8) is 0 Å². The zero-order valence-electron chi connectivity index (χ0n) is 13.2. The molecule has 0 amide bonds. The summed E-state index contributed by atoms with van der Waals surface area (Å²) in [7, 11) is 0. The first-order valence-electron chi connectivity index (χ1n) is 8.74. The quantitative estimate of drug-likeness (QED) is 0.831. The van der Waals surface area contributed by atoms with Gasteiger partial charge in [-0.3, -0.25) is 0 Å². The molecule has 2 unspecified atom stereocenters. The Kier molecular flexibility index (Phi) is 4.26. The van der Waals surface area contributed by atoms with Gasteiger partial charge in [-0.1, -0.05) is 0 Å². The molecule has 120 valence electrons. The molecule has 1 aliphatic carbocycles. The van der Waals surface area contributed by atoms with Gasteiger partial charge in [0.25, 0.3) is 0 Å². The first kappa shape index (κ1) is 14.4. The van der Waals surface area contributed by atoms with Crippen molar-refractivity contribution in [3.8, 4) is 0 Å². The lowest BCUT2D eigenvalue weighted by Gasteiger charge is -2.31. The Labute approximate surface area is 132 Å². The largest absolute Gasteiger partial charge is 0.381 e. The predicted molar refractivity (Wildman–Crippen MR) is 85.9 cm³/mol. The number of likely N-dealkylation sites (tertiary alicyclic amines) is 1. The molecule has 1 aromatic rings. The third kappa shape index (κ3) is 3.25. The number of anilines is 1. The smallest absolute Gasteiger partial charge is 0.132 e. The lowest BCUT2D eigenvalue weighted by molar-refractivity contribution is 0.0416. The average molecular weight is 302 g/mol. The van der Waals surface area contributed by atoms with E-state index in [2.05, 4.69) is 25.8 Å². The molecule has 3 aliphatic rings. The van der Waals surface area contributed by atoms with Crippen LogP contribution in [0, 0.1) is 5.92 Å². The van der Waals surface area contributed by atoms with Gasteiger partial charge in [-0.25, -0.2) is 9.97 Å². The Morgan fingerprint density at radius 3 is 2.91 bits per heavy atom. The molecule has 3 heterocycles. The summed E-state index contributed by atoms with van der Waals surface area (Å²) in [5.74, 6) is 1.85. The van der Waals surface area contributed by atoms with E-state index in [0.717, 1.165) is 24.9 Å². The number of ether oxygens (including phenoxy) is 1. The Hall–Kier alpha value is -1.20. The van der Waals surface area contributed by atoms with E-state index in [-0.39, 0.29) is 0 Å². The van der Waals surface area contributed by atoms with Crippen molar-refractivity contribution in [2.75, 3.05) is 37.7 Å². The lowest BCUT2D eigenvalue weighted by atomic mass is 10.0. The van der Waals surface area contributed by atoms with Crippen molar-refractivity contribution in [1.82, 2.24) is 14.9 Å². The van der Waals surface area contributed by atoms with Gasteiger partial charge in [0.05, 0.1) is 6.61 Å². The van der Waals surface area contributed by atoms with Crippen LogP contribution < -0.4 is 4.90 Å². The van der Waals surface area contributed by atoms with Crippen LogP contribution in [0.5, 0.6) is 0 Å². The Morgan fingerprint density at radius 1 is 1.23 bits per heavy atom. The number of hydrogen-bond acceptors (Lipinski definition) is 5. The van der Waals surface area contributed by atoms with E-state index in [9.17, 15) is 0 Å². The second-order valence-electron chi connectivity index (χ2n) is 6.99. The highest BCUT2D eigenvalue weighted by atomic mass is 16.5. The summed E-state index contributed by atoms with van der Waals surface area (Å²) >= 11 is 0. The second-order valence-corrected chi connectivity index (χ2v) is 6.99. The topological polar surface area (TPSA) is 41.5 Å². The fraction of sp³-hybridized carbons (Fsp3) is 0.765. The molecule has 1 saturated carbocycles. The molecule has 0 spiro atoms. The van der Waals surface area contributed by atoms with Gasteiger partial charge in [0.2, 0.25) is 0 Å². The molecule has 5 nitrogen and oxygen atoms in total. The van der Waals surface area contributed by atoms with Gasteiger partial charge < -0.3 is 14.5 Å². The van der Waals surface area contributed by atoms with Crippen molar-refractivity contribution in [1.29, 1.82) is 0 Å². The molecular weight excluding hydrogens is 276 g/mol. The molecule has 3 fully saturated rings. The van der Waals surface area contributed by atoms with Gasteiger partial charge in [-0.15, -0.1) is 0 Å². The zero-order valence-corrected chi connectivity index (χ0v) is 13.2. The van der Waals surface area contributed by atoms with Gasteiger partial charge in [-0.2, -0.15) is 0 Å². The Morgan fingerprint density at radius 2 is 2.18 bits per heavy atom. The molecule has 2 saturated heterocycles. The number of nitrogens with zero attached hydrogens (tertiary/aromatic N) is 4. The van der Waals surface area contributed by atoms with Crippen LogP contribution in [0.15, 0.2) is 18.6 Å². The van der Waals surface area contributed by atoms with Crippen molar-refractivity contribution in [2.24, 2.45) is 5.92 Å². The average Bonchev–Trinajstić information content (AvgIpc) is 3.29. The number of aromatic nitrogens is 2. The molecule has 2 atom stereocenters. The fourth-order valence-corrected chi connectivity index (χ4v) is 3.98. The minimum Gasteiger partial charge on any atom is -0.381 e. The van der Waals surface area contributed by atoms with Crippen LogP contribution in [0.4, 0.5) is 5.82 Å². The van der Waals surface area contributed by atoms with Gasteiger partial charge in [0, 0.05) is 44.5 Å². The summed E-state index contributed by atoms with van der Waals surface area (Å²) in [6, 6.07) is 3.39. The van der Waals surface area contributed by atoms with Gasteiger partial charge in [-0.05, 0) is 44.1 Å². The fourth-order valence-electron chi connectivity index (χ4n) is 3.98. The molecule has 0 radical (unpaired) electrons. The third-order valence-electron chi connectivity index (χ3n) is 5.18. The highest BCUT2D eigenvalue weighted by molar-refractivity contribution is 5.42. The Balaban J connectivity index is 1.38. The maximum absolute atomic E-state index is 5.63. The van der Waals surface area contributed by atoms with E-state index >= 15 is 0 Å². The van der Waals surface area contributed by atoms with Gasteiger partial charge in [0.15, 0.2) is 0 Å². The van der Waals surface area contributed by atoms with E-state index in [1.54, 1.807) is 6.33 Å². The Bertz CT molecular complexity index is 473. The van der Waals surface area contributed by atoms with Gasteiger partial charge in [0.1, 0.15) is 12.1 Å². The molecule has 2 aliphatic heterocycles. The molecule has 22 heavy (non-hydrogen) atoms. The minimum atomic E-state index is 0.618. The number of rotatable bonds is 5.